The van der Waals surface area contributed by atoms with E-state index in [0.29, 0.717) is 5.92 Å². The van der Waals surface area contributed by atoms with E-state index in [9.17, 15) is 5.11 Å². The van der Waals surface area contributed by atoms with Crippen LogP contribution in [0.5, 0.6) is 5.75 Å². The molecule has 1 N–H and O–H groups in total. The molecule has 3 nitrogen and oxygen atoms in total. The standard InChI is InChI=1S/C24H33NO2.ClH/c1-19(2)17-24(26,21-11-13-22(27-3)14-12-21)23(18-25-15-7-8-16-25)20-9-5-4-6-10-20;/h4-6,9-14,19,23,26H,7-8,15-18H2,1-3H3;1H. The number of nitrogens with zero attached hydrogens (tertiary/aromatic N) is 1. The normalized spacial score (nSPS) is 17.8. The minimum Gasteiger partial charge on any atom is -0.497 e. The third-order valence-electron chi connectivity index (χ3n) is 5.73. The van der Waals surface area contributed by atoms with Crippen molar-refractivity contribution in [2.75, 3.05) is 26.7 Å². The average Bonchev–Trinajstić information content (AvgIpc) is 3.19. The van der Waals surface area contributed by atoms with Crippen LogP contribution in [0.1, 0.15) is 50.2 Å². The molecule has 0 saturated carbocycles. The molecule has 2 unspecified atom stereocenters. The highest BCUT2D eigenvalue weighted by atomic mass is 35.5. The van der Waals surface area contributed by atoms with Gasteiger partial charge in [0.1, 0.15) is 5.75 Å². The zero-order chi connectivity index (χ0) is 19.3. The topological polar surface area (TPSA) is 32.7 Å². The van der Waals surface area contributed by atoms with Gasteiger partial charge in [0.15, 0.2) is 0 Å². The molecule has 2 atom stereocenters. The van der Waals surface area contributed by atoms with Crippen molar-refractivity contribution in [3.63, 3.8) is 0 Å². The summed E-state index contributed by atoms with van der Waals surface area (Å²) < 4.78 is 5.33. The minimum atomic E-state index is -0.912. The van der Waals surface area contributed by atoms with Gasteiger partial charge in [-0.15, -0.1) is 12.4 Å². The summed E-state index contributed by atoms with van der Waals surface area (Å²) in [5, 5.41) is 12.1. The van der Waals surface area contributed by atoms with E-state index in [1.165, 1.54) is 18.4 Å². The molecule has 2 aromatic rings. The van der Waals surface area contributed by atoms with Crippen molar-refractivity contribution in [3.8, 4) is 5.75 Å². The maximum Gasteiger partial charge on any atom is 0.118 e. The Balaban J connectivity index is 0.00000280. The summed E-state index contributed by atoms with van der Waals surface area (Å²) in [7, 11) is 1.68. The third-order valence-corrected chi connectivity index (χ3v) is 5.73. The molecule has 1 heterocycles. The van der Waals surface area contributed by atoms with E-state index in [4.69, 9.17) is 4.74 Å². The molecule has 28 heavy (non-hydrogen) atoms. The SMILES string of the molecule is COc1ccc(C(O)(CC(C)C)C(CN2CCCC2)c2ccccc2)cc1.Cl. The number of hydrogen-bond donors (Lipinski definition) is 1. The molecule has 154 valence electrons. The van der Waals surface area contributed by atoms with Crippen molar-refractivity contribution in [3.05, 3.63) is 65.7 Å². The second-order valence-corrected chi connectivity index (χ2v) is 8.22. The summed E-state index contributed by atoms with van der Waals surface area (Å²) in [6, 6.07) is 18.5. The number of rotatable bonds is 8. The maximum absolute atomic E-state index is 12.1. The zero-order valence-electron chi connectivity index (χ0n) is 17.3. The number of methoxy groups -OCH3 is 1. The Morgan fingerprint density at radius 1 is 1.00 bits per heavy atom. The quantitative estimate of drug-likeness (QED) is 0.655. The van der Waals surface area contributed by atoms with Gasteiger partial charge in [0, 0.05) is 12.5 Å². The highest BCUT2D eigenvalue weighted by Crippen LogP contribution is 2.43. The molecule has 1 saturated heterocycles. The predicted octanol–water partition coefficient (Wildman–Crippen LogP) is 5.23. The lowest BCUT2D eigenvalue weighted by Crippen LogP contribution is -2.41. The van der Waals surface area contributed by atoms with Gasteiger partial charge < -0.3 is 14.7 Å². The third kappa shape index (κ3) is 5.28. The van der Waals surface area contributed by atoms with Gasteiger partial charge in [-0.05, 0) is 61.5 Å². The fourth-order valence-electron chi connectivity index (χ4n) is 4.40. The first-order chi connectivity index (χ1) is 13.0. The lowest BCUT2D eigenvalue weighted by atomic mass is 9.72. The van der Waals surface area contributed by atoms with Crippen molar-refractivity contribution in [1.82, 2.24) is 4.90 Å². The first kappa shape index (κ1) is 22.7. The van der Waals surface area contributed by atoms with Crippen molar-refractivity contribution < 1.29 is 9.84 Å². The van der Waals surface area contributed by atoms with Crippen molar-refractivity contribution >= 4 is 12.4 Å². The second-order valence-electron chi connectivity index (χ2n) is 8.22. The molecule has 1 aliphatic heterocycles. The van der Waals surface area contributed by atoms with Crippen molar-refractivity contribution in [2.45, 2.75) is 44.6 Å². The van der Waals surface area contributed by atoms with E-state index in [-0.39, 0.29) is 18.3 Å². The highest BCUT2D eigenvalue weighted by molar-refractivity contribution is 5.85. The van der Waals surface area contributed by atoms with Gasteiger partial charge in [-0.1, -0.05) is 56.3 Å². The fourth-order valence-corrected chi connectivity index (χ4v) is 4.40. The molecule has 1 fully saturated rings. The van der Waals surface area contributed by atoms with Crippen LogP contribution in [-0.2, 0) is 5.60 Å². The molecule has 0 amide bonds. The van der Waals surface area contributed by atoms with Gasteiger partial charge >= 0.3 is 0 Å². The van der Waals surface area contributed by atoms with Gasteiger partial charge in [-0.3, -0.25) is 0 Å². The van der Waals surface area contributed by atoms with E-state index >= 15 is 0 Å². The van der Waals surface area contributed by atoms with Gasteiger partial charge in [0.2, 0.25) is 0 Å². The molecule has 2 aromatic carbocycles. The number of aliphatic hydroxyl groups is 1. The lowest BCUT2D eigenvalue weighted by Gasteiger charge is -2.40. The molecule has 4 heteroatoms. The Kier molecular flexibility index (Phi) is 8.36. The Bertz CT molecular complexity index is 698. The van der Waals surface area contributed by atoms with Crippen LogP contribution in [0, 0.1) is 5.92 Å². The summed E-state index contributed by atoms with van der Waals surface area (Å²) >= 11 is 0. The number of halogens is 1. The summed E-state index contributed by atoms with van der Waals surface area (Å²) in [6.07, 6.45) is 3.24. The predicted molar refractivity (Wildman–Crippen MR) is 118 cm³/mol. The van der Waals surface area contributed by atoms with Crippen LogP contribution in [0.25, 0.3) is 0 Å². The van der Waals surface area contributed by atoms with Crippen LogP contribution < -0.4 is 4.74 Å². The first-order valence-corrected chi connectivity index (χ1v) is 10.2. The van der Waals surface area contributed by atoms with E-state index in [1.54, 1.807) is 7.11 Å². The van der Waals surface area contributed by atoms with Crippen LogP contribution in [0.4, 0.5) is 0 Å². The van der Waals surface area contributed by atoms with E-state index in [2.05, 4.69) is 43.0 Å². The number of hydrogen-bond acceptors (Lipinski definition) is 3. The van der Waals surface area contributed by atoms with Crippen LogP contribution in [0.15, 0.2) is 54.6 Å². The monoisotopic (exact) mass is 403 g/mol. The van der Waals surface area contributed by atoms with Crippen LogP contribution in [0.2, 0.25) is 0 Å². The molecule has 1 aliphatic rings. The average molecular weight is 404 g/mol. The smallest absolute Gasteiger partial charge is 0.118 e. The number of benzene rings is 2. The maximum atomic E-state index is 12.1. The number of likely N-dealkylation sites (tertiary alicyclic amines) is 1. The lowest BCUT2D eigenvalue weighted by molar-refractivity contribution is -0.0213. The van der Waals surface area contributed by atoms with E-state index < -0.39 is 5.60 Å². The van der Waals surface area contributed by atoms with Crippen LogP contribution in [-0.4, -0.2) is 36.8 Å². The summed E-state index contributed by atoms with van der Waals surface area (Å²) in [4.78, 5) is 2.51. The Hall–Kier alpha value is -1.55. The van der Waals surface area contributed by atoms with Crippen molar-refractivity contribution in [1.29, 1.82) is 0 Å². The minimum absolute atomic E-state index is 0. The van der Waals surface area contributed by atoms with Gasteiger partial charge in [-0.25, -0.2) is 0 Å². The van der Waals surface area contributed by atoms with E-state index in [0.717, 1.165) is 37.4 Å². The highest BCUT2D eigenvalue weighted by Gasteiger charge is 2.41. The Morgan fingerprint density at radius 2 is 1.61 bits per heavy atom. The first-order valence-electron chi connectivity index (χ1n) is 10.2. The number of ether oxygens (including phenoxy) is 1. The molecular weight excluding hydrogens is 370 g/mol. The van der Waals surface area contributed by atoms with Gasteiger partial charge in [0.25, 0.3) is 0 Å². The zero-order valence-corrected chi connectivity index (χ0v) is 18.1. The fraction of sp³-hybridized carbons (Fsp3) is 0.500. The Labute approximate surface area is 176 Å². The molecule has 0 aromatic heterocycles. The molecule has 0 spiro atoms. The molecule has 0 radical (unpaired) electrons. The van der Waals surface area contributed by atoms with E-state index in [1.807, 2.05) is 30.3 Å². The van der Waals surface area contributed by atoms with Gasteiger partial charge in [-0.2, -0.15) is 0 Å². The summed E-state index contributed by atoms with van der Waals surface area (Å²) in [6.45, 7) is 7.52. The Morgan fingerprint density at radius 3 is 2.14 bits per heavy atom. The molecule has 3 rings (SSSR count). The molecular formula is C24H34ClNO2. The summed E-state index contributed by atoms with van der Waals surface area (Å²) in [5.74, 6) is 1.25. The van der Waals surface area contributed by atoms with Crippen LogP contribution in [0.3, 0.4) is 0 Å². The summed E-state index contributed by atoms with van der Waals surface area (Å²) in [5.41, 5.74) is 1.28. The van der Waals surface area contributed by atoms with Crippen LogP contribution >= 0.6 is 12.4 Å². The van der Waals surface area contributed by atoms with Gasteiger partial charge in [0.05, 0.1) is 12.7 Å². The second kappa shape index (κ2) is 10.3. The molecule has 0 bridgehead atoms. The molecule has 0 aliphatic carbocycles. The largest absolute Gasteiger partial charge is 0.497 e. The van der Waals surface area contributed by atoms with Crippen molar-refractivity contribution in [2.24, 2.45) is 5.92 Å².